The summed E-state index contributed by atoms with van der Waals surface area (Å²) in [5, 5.41) is 6.18. The molecule has 0 bridgehead atoms. The highest BCUT2D eigenvalue weighted by Crippen LogP contribution is 2.17. The quantitative estimate of drug-likeness (QED) is 0.216. The lowest BCUT2D eigenvalue weighted by atomic mass is 10.2. The molecule has 0 unspecified atom stereocenters. The van der Waals surface area contributed by atoms with E-state index in [1.165, 1.54) is 6.07 Å². The second kappa shape index (κ2) is 11.3. The number of halogens is 3. The summed E-state index contributed by atoms with van der Waals surface area (Å²) in [7, 11) is 1.64. The molecule has 0 amide bonds. The Morgan fingerprint density at radius 3 is 2.62 bits per heavy atom. The zero-order chi connectivity index (χ0) is 19.8. The topological polar surface area (TPSA) is 71.7 Å². The van der Waals surface area contributed by atoms with Gasteiger partial charge in [-0.15, -0.1) is 24.0 Å². The van der Waals surface area contributed by atoms with Crippen molar-refractivity contribution in [2.75, 3.05) is 20.2 Å². The van der Waals surface area contributed by atoms with Crippen LogP contribution in [-0.4, -0.2) is 31.1 Å². The third-order valence-corrected chi connectivity index (χ3v) is 3.79. The summed E-state index contributed by atoms with van der Waals surface area (Å²) in [5.74, 6) is -0.470. The van der Waals surface area contributed by atoms with Gasteiger partial charge in [-0.2, -0.15) is 0 Å². The molecular formula is C20H21F2IN4O2. The Morgan fingerprint density at radius 1 is 1.10 bits per heavy atom. The molecular weight excluding hydrogens is 493 g/mol. The van der Waals surface area contributed by atoms with Crippen LogP contribution in [-0.2, 0) is 6.54 Å². The van der Waals surface area contributed by atoms with Crippen LogP contribution in [0.3, 0.4) is 0 Å². The van der Waals surface area contributed by atoms with Crippen molar-refractivity contribution in [2.24, 2.45) is 4.99 Å². The van der Waals surface area contributed by atoms with E-state index in [4.69, 9.17) is 9.15 Å². The minimum atomic E-state index is -0.939. The van der Waals surface area contributed by atoms with E-state index in [0.717, 1.165) is 23.4 Å². The number of benzene rings is 2. The number of nitrogens with zero attached hydrogens (tertiary/aromatic N) is 2. The number of aromatic nitrogens is 1. The van der Waals surface area contributed by atoms with E-state index < -0.39 is 11.6 Å². The van der Waals surface area contributed by atoms with E-state index in [0.29, 0.717) is 24.9 Å². The predicted octanol–water partition coefficient (Wildman–Crippen LogP) is 3.98. The SMILES string of the molecule is CN=C(NCCOc1ccc(F)c(F)c1)NCc1coc(-c2ccccc2)n1.I. The molecule has 3 rings (SSSR count). The lowest BCUT2D eigenvalue weighted by Crippen LogP contribution is -2.38. The van der Waals surface area contributed by atoms with Gasteiger partial charge in [0.25, 0.3) is 0 Å². The number of guanidine groups is 1. The van der Waals surface area contributed by atoms with Crippen molar-refractivity contribution in [2.45, 2.75) is 6.54 Å². The molecule has 0 aliphatic carbocycles. The number of ether oxygens (including phenoxy) is 1. The standard InChI is InChI=1S/C20H20F2N4O2.HI/c1-23-20(24-9-10-27-16-7-8-17(21)18(22)11-16)25-12-15-13-28-19(26-15)14-5-3-2-4-6-14;/h2-8,11,13H,9-10,12H2,1H3,(H2,23,24,25);1H. The number of oxazole rings is 1. The summed E-state index contributed by atoms with van der Waals surface area (Å²) in [6.45, 7) is 1.11. The Hall–Kier alpha value is -2.69. The maximum atomic E-state index is 13.1. The largest absolute Gasteiger partial charge is 0.492 e. The normalized spacial score (nSPS) is 10.9. The van der Waals surface area contributed by atoms with Crippen LogP contribution in [0.25, 0.3) is 11.5 Å². The van der Waals surface area contributed by atoms with E-state index >= 15 is 0 Å². The number of aliphatic imine (C=N–C) groups is 1. The monoisotopic (exact) mass is 514 g/mol. The maximum Gasteiger partial charge on any atom is 0.226 e. The van der Waals surface area contributed by atoms with Crippen LogP contribution >= 0.6 is 24.0 Å². The molecule has 0 radical (unpaired) electrons. The zero-order valence-electron chi connectivity index (χ0n) is 15.7. The molecule has 0 aliphatic rings. The Balaban J connectivity index is 0.00000300. The van der Waals surface area contributed by atoms with Crippen molar-refractivity contribution in [3.05, 3.63) is 72.1 Å². The first-order valence-corrected chi connectivity index (χ1v) is 8.68. The number of hydrogen-bond donors (Lipinski definition) is 2. The summed E-state index contributed by atoms with van der Waals surface area (Å²) in [4.78, 5) is 8.54. The summed E-state index contributed by atoms with van der Waals surface area (Å²) in [6, 6.07) is 13.0. The smallest absolute Gasteiger partial charge is 0.226 e. The summed E-state index contributed by atoms with van der Waals surface area (Å²) < 4.78 is 36.9. The van der Waals surface area contributed by atoms with Crippen LogP contribution in [0.4, 0.5) is 8.78 Å². The minimum absolute atomic E-state index is 0. The van der Waals surface area contributed by atoms with Crippen LogP contribution in [0.5, 0.6) is 5.75 Å². The van der Waals surface area contributed by atoms with E-state index in [1.54, 1.807) is 13.3 Å². The van der Waals surface area contributed by atoms with E-state index in [9.17, 15) is 8.78 Å². The minimum Gasteiger partial charge on any atom is -0.492 e. The van der Waals surface area contributed by atoms with Gasteiger partial charge in [0.05, 0.1) is 18.8 Å². The fraction of sp³-hybridized carbons (Fsp3) is 0.200. The second-order valence-corrected chi connectivity index (χ2v) is 5.79. The van der Waals surface area contributed by atoms with Crippen molar-refractivity contribution in [3.8, 4) is 17.2 Å². The van der Waals surface area contributed by atoms with Crippen LogP contribution in [0.1, 0.15) is 5.69 Å². The summed E-state index contributed by atoms with van der Waals surface area (Å²) >= 11 is 0. The third kappa shape index (κ3) is 6.70. The highest BCUT2D eigenvalue weighted by Gasteiger charge is 2.07. The fourth-order valence-corrected chi connectivity index (χ4v) is 2.40. The van der Waals surface area contributed by atoms with Gasteiger partial charge >= 0.3 is 0 Å². The van der Waals surface area contributed by atoms with Gasteiger partial charge in [-0.1, -0.05) is 18.2 Å². The molecule has 0 spiro atoms. The van der Waals surface area contributed by atoms with E-state index in [2.05, 4.69) is 20.6 Å². The molecule has 0 saturated carbocycles. The highest BCUT2D eigenvalue weighted by atomic mass is 127. The van der Waals surface area contributed by atoms with Crippen molar-refractivity contribution < 1.29 is 17.9 Å². The molecule has 2 aromatic carbocycles. The molecule has 9 heteroatoms. The molecule has 1 heterocycles. The van der Waals surface area contributed by atoms with E-state index in [1.807, 2.05) is 30.3 Å². The molecule has 0 fully saturated rings. The lowest BCUT2D eigenvalue weighted by Gasteiger charge is -2.11. The maximum absolute atomic E-state index is 13.1. The molecule has 29 heavy (non-hydrogen) atoms. The van der Waals surface area contributed by atoms with Gasteiger partial charge in [0.2, 0.25) is 5.89 Å². The Morgan fingerprint density at radius 2 is 1.90 bits per heavy atom. The van der Waals surface area contributed by atoms with Crippen LogP contribution < -0.4 is 15.4 Å². The molecule has 0 aliphatic heterocycles. The first kappa shape index (κ1) is 22.6. The molecule has 0 atom stereocenters. The summed E-state index contributed by atoms with van der Waals surface area (Å²) in [5.41, 5.74) is 1.64. The zero-order valence-corrected chi connectivity index (χ0v) is 18.0. The number of hydrogen-bond acceptors (Lipinski definition) is 4. The molecule has 154 valence electrons. The van der Waals surface area contributed by atoms with Crippen LogP contribution in [0.2, 0.25) is 0 Å². The van der Waals surface area contributed by atoms with Gasteiger partial charge in [0.15, 0.2) is 17.6 Å². The first-order chi connectivity index (χ1) is 13.7. The van der Waals surface area contributed by atoms with Gasteiger partial charge in [0, 0.05) is 18.7 Å². The van der Waals surface area contributed by atoms with Gasteiger partial charge in [0.1, 0.15) is 18.6 Å². The van der Waals surface area contributed by atoms with E-state index in [-0.39, 0.29) is 36.3 Å². The number of rotatable bonds is 7. The second-order valence-electron chi connectivity index (χ2n) is 5.79. The average molecular weight is 514 g/mol. The molecule has 2 N–H and O–H groups in total. The van der Waals surface area contributed by atoms with Gasteiger partial charge in [-0.3, -0.25) is 4.99 Å². The Kier molecular flexibility index (Phi) is 8.84. The third-order valence-electron chi connectivity index (χ3n) is 3.79. The molecule has 6 nitrogen and oxygen atoms in total. The first-order valence-electron chi connectivity index (χ1n) is 8.68. The lowest BCUT2D eigenvalue weighted by molar-refractivity contribution is 0.318. The Bertz CT molecular complexity index is 935. The van der Waals surface area contributed by atoms with Crippen LogP contribution in [0.15, 0.2) is 64.2 Å². The number of nitrogens with one attached hydrogen (secondary N) is 2. The molecule has 1 aromatic heterocycles. The van der Waals surface area contributed by atoms with Gasteiger partial charge in [-0.25, -0.2) is 13.8 Å². The van der Waals surface area contributed by atoms with Crippen molar-refractivity contribution in [1.29, 1.82) is 0 Å². The highest BCUT2D eigenvalue weighted by molar-refractivity contribution is 14.0. The molecule has 3 aromatic rings. The van der Waals surface area contributed by atoms with Crippen molar-refractivity contribution in [1.82, 2.24) is 15.6 Å². The molecule has 0 saturated heterocycles. The van der Waals surface area contributed by atoms with Gasteiger partial charge < -0.3 is 19.8 Å². The average Bonchev–Trinajstić information content (AvgIpc) is 3.20. The van der Waals surface area contributed by atoms with Crippen molar-refractivity contribution in [3.63, 3.8) is 0 Å². The Labute approximate surface area is 184 Å². The van der Waals surface area contributed by atoms with Gasteiger partial charge in [-0.05, 0) is 24.3 Å². The predicted molar refractivity (Wildman–Crippen MR) is 117 cm³/mol. The van der Waals surface area contributed by atoms with Crippen molar-refractivity contribution >= 4 is 29.9 Å². The van der Waals surface area contributed by atoms with Crippen LogP contribution in [0, 0.1) is 11.6 Å². The fourth-order valence-electron chi connectivity index (χ4n) is 2.40. The summed E-state index contributed by atoms with van der Waals surface area (Å²) in [6.07, 6.45) is 1.59.